The normalized spacial score (nSPS) is 11.0. The Labute approximate surface area is 125 Å². The van der Waals surface area contributed by atoms with Crippen molar-refractivity contribution in [3.63, 3.8) is 0 Å². The summed E-state index contributed by atoms with van der Waals surface area (Å²) in [5.74, 6) is -0.669. The van der Waals surface area contributed by atoms with E-state index in [4.69, 9.17) is 5.11 Å². The molecule has 0 heterocycles. The molecule has 0 radical (unpaired) electrons. The average molecular weight is 302 g/mol. The molecule has 0 rings (SSSR count). The molecule has 0 saturated heterocycles. The quantitative estimate of drug-likeness (QED) is 0.288. The predicted octanol–water partition coefficient (Wildman–Crippen LogP) is 5.82. The second-order valence-electron chi connectivity index (χ2n) is 5.59. The van der Waals surface area contributed by atoms with Gasteiger partial charge in [0.1, 0.15) is 0 Å². The minimum atomic E-state index is -0.669. The highest BCUT2D eigenvalue weighted by atomic mass is 31.1. The lowest BCUT2D eigenvalue weighted by atomic mass is 10.0. The lowest BCUT2D eigenvalue weighted by Crippen LogP contribution is -1.93. The van der Waals surface area contributed by atoms with Crippen LogP contribution in [-0.2, 0) is 9.36 Å². The van der Waals surface area contributed by atoms with Gasteiger partial charge in [0.15, 0.2) is 8.46 Å². The van der Waals surface area contributed by atoms with Crippen LogP contribution in [0.3, 0.4) is 0 Å². The summed E-state index contributed by atoms with van der Waals surface area (Å²) >= 11 is 0. The number of hydrogen-bond acceptors (Lipinski definition) is 2. The van der Waals surface area contributed by atoms with Crippen molar-refractivity contribution in [3.8, 4) is 0 Å². The van der Waals surface area contributed by atoms with Crippen LogP contribution < -0.4 is 0 Å². The van der Waals surface area contributed by atoms with E-state index >= 15 is 0 Å². The molecule has 4 heteroatoms. The first-order valence-electron chi connectivity index (χ1n) is 8.28. The van der Waals surface area contributed by atoms with Crippen molar-refractivity contribution in [1.82, 2.24) is 0 Å². The first-order chi connectivity index (χ1) is 9.77. The molecule has 118 valence electrons. The third-order valence-corrected chi connectivity index (χ3v) is 4.14. The monoisotopic (exact) mass is 302 g/mol. The lowest BCUT2D eigenvalue weighted by molar-refractivity contribution is -0.137. The van der Waals surface area contributed by atoms with Crippen molar-refractivity contribution in [3.05, 3.63) is 0 Å². The van der Waals surface area contributed by atoms with Crippen LogP contribution in [0.4, 0.5) is 0 Å². The van der Waals surface area contributed by atoms with Gasteiger partial charge in [-0.25, -0.2) is 0 Å². The fourth-order valence-corrected chi connectivity index (χ4v) is 2.75. The van der Waals surface area contributed by atoms with Crippen molar-refractivity contribution < 1.29 is 14.5 Å². The van der Waals surface area contributed by atoms with E-state index in [0.29, 0.717) is 14.9 Å². The Bertz CT molecular complexity index is 232. The molecule has 0 amide bonds. The van der Waals surface area contributed by atoms with Crippen LogP contribution in [-0.4, -0.2) is 17.2 Å². The SMILES string of the molecule is O=PCCCCCCCCCCCCCCCC(=O)O. The fourth-order valence-electron chi connectivity index (χ4n) is 2.40. The summed E-state index contributed by atoms with van der Waals surface area (Å²) in [5, 5.41) is 8.50. The highest BCUT2D eigenvalue weighted by Crippen LogP contribution is 2.13. The van der Waals surface area contributed by atoms with E-state index in [-0.39, 0.29) is 0 Å². The molecule has 0 bridgehead atoms. The van der Waals surface area contributed by atoms with Crippen molar-refractivity contribution in [2.24, 2.45) is 0 Å². The number of carboxylic acid groups (broad SMARTS) is 1. The molecule has 1 N–H and O–H groups in total. The number of unbranched alkanes of at least 4 members (excludes halogenated alkanes) is 12. The summed E-state index contributed by atoms with van der Waals surface area (Å²) in [6.45, 7) is 0. The largest absolute Gasteiger partial charge is 0.481 e. The Balaban J connectivity index is 2.95. The molecule has 0 aliphatic carbocycles. The minimum absolute atomic E-state index is 0.298. The maximum Gasteiger partial charge on any atom is 0.303 e. The van der Waals surface area contributed by atoms with Gasteiger partial charge < -0.3 is 5.11 Å². The van der Waals surface area contributed by atoms with Gasteiger partial charge in [-0.1, -0.05) is 70.6 Å². The maximum atomic E-state index is 10.3. The number of carbonyl (C=O) groups is 1. The Hall–Kier alpha value is -0.430. The van der Waals surface area contributed by atoms with Gasteiger partial charge in [-0.2, -0.15) is 0 Å². The molecule has 0 spiro atoms. The second kappa shape index (κ2) is 16.6. The van der Waals surface area contributed by atoms with E-state index in [0.717, 1.165) is 25.4 Å². The van der Waals surface area contributed by atoms with Gasteiger partial charge >= 0.3 is 5.97 Å². The predicted molar refractivity (Wildman–Crippen MR) is 84.7 cm³/mol. The highest BCUT2D eigenvalue weighted by Gasteiger charge is 1.97. The maximum absolute atomic E-state index is 10.3. The fraction of sp³-hybridized carbons (Fsp3) is 0.938. The van der Waals surface area contributed by atoms with Crippen LogP contribution >= 0.6 is 8.46 Å². The lowest BCUT2D eigenvalue weighted by Gasteiger charge is -2.02. The number of carboxylic acids is 1. The van der Waals surface area contributed by atoms with Crippen molar-refractivity contribution >= 4 is 14.4 Å². The summed E-state index contributed by atoms with van der Waals surface area (Å²) < 4.78 is 10.2. The van der Waals surface area contributed by atoms with Gasteiger partial charge in [0.2, 0.25) is 0 Å². The van der Waals surface area contributed by atoms with Gasteiger partial charge in [0.25, 0.3) is 0 Å². The van der Waals surface area contributed by atoms with E-state index in [1.165, 1.54) is 64.2 Å². The van der Waals surface area contributed by atoms with Crippen LogP contribution in [0.2, 0.25) is 0 Å². The first-order valence-corrected chi connectivity index (χ1v) is 9.28. The molecular weight excluding hydrogens is 271 g/mol. The number of rotatable bonds is 16. The van der Waals surface area contributed by atoms with Gasteiger partial charge in [0, 0.05) is 12.6 Å². The van der Waals surface area contributed by atoms with Crippen molar-refractivity contribution in [1.29, 1.82) is 0 Å². The van der Waals surface area contributed by atoms with Gasteiger partial charge in [-0.05, 0) is 12.8 Å². The number of hydrogen-bond donors (Lipinski definition) is 1. The zero-order valence-corrected chi connectivity index (χ0v) is 13.7. The molecule has 0 aliphatic heterocycles. The summed E-state index contributed by atoms with van der Waals surface area (Å²) in [5.41, 5.74) is 0. The Morgan fingerprint density at radius 2 is 1.00 bits per heavy atom. The summed E-state index contributed by atoms with van der Waals surface area (Å²) in [6, 6.07) is 0. The van der Waals surface area contributed by atoms with Crippen LogP contribution in [0.15, 0.2) is 0 Å². The van der Waals surface area contributed by atoms with Crippen molar-refractivity contribution in [2.45, 2.75) is 89.9 Å². The Morgan fingerprint density at radius 1 is 0.650 bits per heavy atom. The van der Waals surface area contributed by atoms with E-state index in [1.807, 2.05) is 0 Å². The number of aliphatic carboxylic acids is 1. The third-order valence-electron chi connectivity index (χ3n) is 3.64. The Kier molecular flexibility index (Phi) is 16.3. The zero-order valence-electron chi connectivity index (χ0n) is 12.8. The second-order valence-corrected chi connectivity index (χ2v) is 6.30. The third kappa shape index (κ3) is 17.6. The molecular formula is C16H31O3P. The van der Waals surface area contributed by atoms with Crippen LogP contribution in [0, 0.1) is 0 Å². The van der Waals surface area contributed by atoms with Gasteiger partial charge in [0.05, 0.1) is 0 Å². The van der Waals surface area contributed by atoms with E-state index in [9.17, 15) is 9.36 Å². The molecule has 0 saturated carbocycles. The first kappa shape index (κ1) is 19.6. The summed E-state index contributed by atoms with van der Waals surface area (Å²) in [4.78, 5) is 10.3. The van der Waals surface area contributed by atoms with Crippen LogP contribution in [0.1, 0.15) is 89.9 Å². The molecule has 20 heavy (non-hydrogen) atoms. The zero-order chi connectivity index (χ0) is 14.9. The van der Waals surface area contributed by atoms with Gasteiger partial charge in [-0.15, -0.1) is 0 Å². The molecule has 0 aromatic carbocycles. The molecule has 0 unspecified atom stereocenters. The molecule has 3 nitrogen and oxygen atoms in total. The van der Waals surface area contributed by atoms with Gasteiger partial charge in [-0.3, -0.25) is 9.36 Å². The summed E-state index contributed by atoms with van der Waals surface area (Å²) in [6.07, 6.45) is 17.1. The molecule has 0 aromatic heterocycles. The van der Waals surface area contributed by atoms with E-state index in [1.54, 1.807) is 0 Å². The smallest absolute Gasteiger partial charge is 0.303 e. The molecule has 0 atom stereocenters. The van der Waals surface area contributed by atoms with E-state index < -0.39 is 5.97 Å². The Morgan fingerprint density at radius 3 is 1.35 bits per heavy atom. The topological polar surface area (TPSA) is 54.4 Å². The molecule has 0 aromatic rings. The van der Waals surface area contributed by atoms with Crippen LogP contribution in [0.25, 0.3) is 0 Å². The average Bonchev–Trinajstić information content (AvgIpc) is 2.43. The summed E-state index contributed by atoms with van der Waals surface area (Å²) in [7, 11) is 0.298. The van der Waals surface area contributed by atoms with Crippen LogP contribution in [0.5, 0.6) is 0 Å². The molecule has 0 fully saturated rings. The molecule has 0 aliphatic rings. The minimum Gasteiger partial charge on any atom is -0.481 e. The van der Waals surface area contributed by atoms with E-state index in [2.05, 4.69) is 0 Å². The highest BCUT2D eigenvalue weighted by molar-refractivity contribution is 7.23. The standard InChI is InChI=1S/C16H31O3P/c17-16(18)14-12-10-8-6-4-2-1-3-5-7-9-11-13-15-20-19/h1-15H2,(H,17,18). The van der Waals surface area contributed by atoms with Crippen molar-refractivity contribution in [2.75, 3.05) is 6.16 Å².